The van der Waals surface area contributed by atoms with Crippen molar-refractivity contribution in [1.82, 2.24) is 14.9 Å². The van der Waals surface area contributed by atoms with Crippen LogP contribution in [0.5, 0.6) is 0 Å². The van der Waals surface area contributed by atoms with Crippen LogP contribution in [-0.2, 0) is 0 Å². The highest BCUT2D eigenvalue weighted by Crippen LogP contribution is 2.21. The molecule has 1 atom stereocenters. The monoisotopic (exact) mass is 328 g/mol. The highest BCUT2D eigenvalue weighted by molar-refractivity contribution is 7.80. The Balaban J connectivity index is 1.76. The Morgan fingerprint density at radius 2 is 1.83 bits per heavy atom. The molecule has 0 spiro atoms. The van der Waals surface area contributed by atoms with Gasteiger partial charge in [0.05, 0.1) is 17.3 Å². The van der Waals surface area contributed by atoms with Crippen molar-refractivity contribution in [3.8, 4) is 0 Å². The summed E-state index contributed by atoms with van der Waals surface area (Å²) in [5.41, 5.74) is 1.94. The van der Waals surface area contributed by atoms with Crippen LogP contribution >= 0.6 is 12.2 Å². The zero-order valence-corrected chi connectivity index (χ0v) is 14.4. The molecule has 0 saturated carbocycles. The number of thiocarbonyl (C=S) groups is 1. The van der Waals surface area contributed by atoms with E-state index in [1.807, 2.05) is 24.3 Å². The molecule has 122 valence electrons. The van der Waals surface area contributed by atoms with E-state index in [1.54, 1.807) is 5.01 Å². The van der Waals surface area contributed by atoms with Crippen molar-refractivity contribution in [1.29, 1.82) is 0 Å². The molecule has 5 heteroatoms. The van der Waals surface area contributed by atoms with Crippen LogP contribution < -0.4 is 5.84 Å². The highest BCUT2D eigenvalue weighted by atomic mass is 32.1. The first-order valence-corrected chi connectivity index (χ1v) is 8.76. The van der Waals surface area contributed by atoms with Crippen molar-refractivity contribution >= 4 is 28.2 Å². The number of pyridine rings is 1. The number of nitrogens with zero attached hydrogens (tertiary/aromatic N) is 3. The Kier molecular flexibility index (Phi) is 5.08. The lowest BCUT2D eigenvalue weighted by molar-refractivity contribution is 0.286. The number of rotatable bonds is 2. The number of benzene rings is 1. The zero-order chi connectivity index (χ0) is 16.2. The van der Waals surface area contributed by atoms with Crippen molar-refractivity contribution in [2.75, 3.05) is 13.1 Å². The maximum absolute atomic E-state index is 6.33. The first-order valence-electron chi connectivity index (χ1n) is 8.35. The van der Waals surface area contributed by atoms with Crippen LogP contribution in [0.1, 0.15) is 44.3 Å². The number of fused-ring (bicyclic) bond motifs is 1. The first kappa shape index (κ1) is 16.1. The summed E-state index contributed by atoms with van der Waals surface area (Å²) < 4.78 is 0. The average Bonchev–Trinajstić information content (AvgIpc) is 2.88. The minimum atomic E-state index is -0.0460. The Morgan fingerprint density at radius 3 is 2.57 bits per heavy atom. The van der Waals surface area contributed by atoms with E-state index in [0.717, 1.165) is 34.8 Å². The van der Waals surface area contributed by atoms with E-state index in [1.165, 1.54) is 25.7 Å². The minimum Gasteiger partial charge on any atom is -0.348 e. The van der Waals surface area contributed by atoms with Gasteiger partial charge in [0.1, 0.15) is 0 Å². The molecule has 1 aromatic heterocycles. The maximum Gasteiger partial charge on any atom is 0.186 e. The highest BCUT2D eigenvalue weighted by Gasteiger charge is 2.22. The van der Waals surface area contributed by atoms with Gasteiger partial charge in [0.2, 0.25) is 0 Å². The van der Waals surface area contributed by atoms with Gasteiger partial charge in [-0.15, -0.1) is 0 Å². The second kappa shape index (κ2) is 7.23. The molecule has 0 aliphatic carbocycles. The fourth-order valence-corrected chi connectivity index (χ4v) is 3.39. The van der Waals surface area contributed by atoms with Crippen LogP contribution in [0.25, 0.3) is 10.9 Å². The number of para-hydroxylation sites is 1. The first-order chi connectivity index (χ1) is 11.2. The van der Waals surface area contributed by atoms with E-state index in [4.69, 9.17) is 23.0 Å². The summed E-state index contributed by atoms with van der Waals surface area (Å²) in [6, 6.07) is 12.2. The van der Waals surface area contributed by atoms with Gasteiger partial charge < -0.3 is 4.90 Å². The molecule has 2 N–H and O–H groups in total. The molecule has 0 bridgehead atoms. The quantitative estimate of drug-likeness (QED) is 0.518. The van der Waals surface area contributed by atoms with Crippen molar-refractivity contribution in [3.63, 3.8) is 0 Å². The van der Waals surface area contributed by atoms with Crippen molar-refractivity contribution in [2.24, 2.45) is 5.84 Å². The summed E-state index contributed by atoms with van der Waals surface area (Å²) in [4.78, 5) is 6.98. The maximum atomic E-state index is 6.33. The van der Waals surface area contributed by atoms with Crippen molar-refractivity contribution in [2.45, 2.75) is 38.6 Å². The van der Waals surface area contributed by atoms with Gasteiger partial charge in [0, 0.05) is 18.5 Å². The third-order valence-corrected chi connectivity index (χ3v) is 5.03. The molecule has 0 amide bonds. The van der Waals surface area contributed by atoms with Crippen molar-refractivity contribution in [3.05, 3.63) is 42.1 Å². The Morgan fingerprint density at radius 1 is 1.13 bits per heavy atom. The second-order valence-electron chi connectivity index (χ2n) is 6.20. The summed E-state index contributed by atoms with van der Waals surface area (Å²) in [7, 11) is 0. The zero-order valence-electron chi connectivity index (χ0n) is 13.6. The Bertz CT molecular complexity index is 680. The van der Waals surface area contributed by atoms with Crippen LogP contribution in [0.15, 0.2) is 36.4 Å². The van der Waals surface area contributed by atoms with Crippen LogP contribution in [0.3, 0.4) is 0 Å². The van der Waals surface area contributed by atoms with Crippen LogP contribution in [-0.4, -0.2) is 33.1 Å². The molecule has 1 aromatic carbocycles. The third-order valence-electron chi connectivity index (χ3n) is 4.56. The number of likely N-dealkylation sites (tertiary alicyclic amines) is 1. The normalized spacial score (nSPS) is 16.9. The fraction of sp³-hybridized carbons (Fsp3) is 0.444. The van der Waals surface area contributed by atoms with E-state index in [2.05, 4.69) is 24.0 Å². The molecule has 1 fully saturated rings. The van der Waals surface area contributed by atoms with Gasteiger partial charge in [0.15, 0.2) is 5.11 Å². The Hall–Kier alpha value is -1.72. The van der Waals surface area contributed by atoms with Crippen molar-refractivity contribution < 1.29 is 0 Å². The summed E-state index contributed by atoms with van der Waals surface area (Å²) in [5, 5.41) is 3.56. The van der Waals surface area contributed by atoms with Gasteiger partial charge in [-0.05, 0) is 44.1 Å². The van der Waals surface area contributed by atoms with E-state index < -0.39 is 0 Å². The fourth-order valence-electron chi connectivity index (χ4n) is 3.05. The molecule has 3 rings (SSSR count). The number of hydrazine groups is 1. The van der Waals surface area contributed by atoms with Crippen LogP contribution in [0.2, 0.25) is 0 Å². The molecule has 1 aliphatic heterocycles. The topological polar surface area (TPSA) is 45.4 Å². The second-order valence-corrected chi connectivity index (χ2v) is 6.56. The third kappa shape index (κ3) is 3.62. The van der Waals surface area contributed by atoms with E-state index in [9.17, 15) is 0 Å². The molecule has 1 unspecified atom stereocenters. The molecular formula is C18H24N4S. The standard InChI is InChI=1S/C18H24N4S/c1-14(16-11-10-15-8-4-5-9-17(15)20-16)22(19)18(23)21-12-6-2-3-7-13-21/h4-5,8-11,14H,2-3,6-7,12-13,19H2,1H3. The molecule has 4 nitrogen and oxygen atoms in total. The molecule has 1 saturated heterocycles. The Labute approximate surface area is 143 Å². The number of hydrogen-bond acceptors (Lipinski definition) is 3. The van der Waals surface area contributed by atoms with Crippen LogP contribution in [0, 0.1) is 0 Å². The summed E-state index contributed by atoms with van der Waals surface area (Å²) in [5.74, 6) is 6.33. The lowest BCUT2D eigenvalue weighted by atomic mass is 10.1. The van der Waals surface area contributed by atoms with Gasteiger partial charge in [-0.25, -0.2) is 5.84 Å². The SMILES string of the molecule is CC(c1ccc2ccccc2n1)N(N)C(=S)N1CCCCCC1. The number of hydrogen-bond donors (Lipinski definition) is 1. The molecular weight excluding hydrogens is 304 g/mol. The summed E-state index contributed by atoms with van der Waals surface area (Å²) >= 11 is 5.63. The lowest BCUT2D eigenvalue weighted by Crippen LogP contribution is -2.48. The predicted molar refractivity (Wildman–Crippen MR) is 98.8 cm³/mol. The largest absolute Gasteiger partial charge is 0.348 e. The molecule has 23 heavy (non-hydrogen) atoms. The van der Waals surface area contributed by atoms with Gasteiger partial charge in [-0.1, -0.05) is 37.1 Å². The molecule has 2 aromatic rings. The number of aromatic nitrogens is 1. The van der Waals surface area contributed by atoms with Gasteiger partial charge in [0.25, 0.3) is 0 Å². The van der Waals surface area contributed by atoms with Gasteiger partial charge in [-0.2, -0.15) is 0 Å². The van der Waals surface area contributed by atoms with E-state index >= 15 is 0 Å². The van der Waals surface area contributed by atoms with Crippen LogP contribution in [0.4, 0.5) is 0 Å². The molecule has 2 heterocycles. The lowest BCUT2D eigenvalue weighted by Gasteiger charge is -2.33. The minimum absolute atomic E-state index is 0.0460. The number of nitrogens with two attached hydrogens (primary N) is 1. The van der Waals surface area contributed by atoms with E-state index in [-0.39, 0.29) is 6.04 Å². The smallest absolute Gasteiger partial charge is 0.186 e. The molecule has 0 radical (unpaired) electrons. The summed E-state index contributed by atoms with van der Waals surface area (Å²) in [6.07, 6.45) is 4.95. The summed E-state index contributed by atoms with van der Waals surface area (Å²) in [6.45, 7) is 4.07. The van der Waals surface area contributed by atoms with Gasteiger partial charge in [-0.3, -0.25) is 9.99 Å². The van der Waals surface area contributed by atoms with E-state index in [0.29, 0.717) is 0 Å². The van der Waals surface area contributed by atoms with Gasteiger partial charge >= 0.3 is 0 Å². The molecule has 1 aliphatic rings. The predicted octanol–water partition coefficient (Wildman–Crippen LogP) is 3.63. The average molecular weight is 328 g/mol.